The van der Waals surface area contributed by atoms with Crippen molar-refractivity contribution in [3.05, 3.63) is 0 Å². The minimum Gasteiger partial charge on any atom is -0.383 e. The molecule has 134 valence electrons. The first-order valence-electron chi connectivity index (χ1n) is 7.42. The van der Waals surface area contributed by atoms with Crippen molar-refractivity contribution in [1.82, 2.24) is 15.5 Å². The van der Waals surface area contributed by atoms with Crippen LogP contribution in [0.25, 0.3) is 0 Å². The van der Waals surface area contributed by atoms with Gasteiger partial charge in [-0.05, 0) is 5.92 Å². The molecule has 1 heterocycles. The van der Waals surface area contributed by atoms with Crippen molar-refractivity contribution in [3.8, 4) is 0 Å². The number of hydrogen-bond donors (Lipinski definition) is 2. The number of rotatable bonds is 9. The molecule has 1 fully saturated rings. The first-order chi connectivity index (χ1) is 9.61. The average Bonchev–Trinajstić information content (AvgIpc) is 2.41. The second kappa shape index (κ2) is 14.5. The molecule has 0 aromatic heterocycles. The third-order valence-electron chi connectivity index (χ3n) is 3.14. The second-order valence-corrected chi connectivity index (χ2v) is 5.62. The van der Waals surface area contributed by atoms with Crippen LogP contribution in [0, 0.1) is 5.92 Å². The van der Waals surface area contributed by atoms with E-state index in [1.807, 2.05) is 0 Å². The van der Waals surface area contributed by atoms with Crippen molar-refractivity contribution in [2.45, 2.75) is 20.0 Å². The average molecular weight is 360 g/mol. The van der Waals surface area contributed by atoms with Gasteiger partial charge in [-0.3, -0.25) is 9.69 Å². The predicted octanol–water partition coefficient (Wildman–Crippen LogP) is 0.539. The Bertz CT molecular complexity index is 284. The molecule has 1 saturated heterocycles. The highest BCUT2D eigenvalue weighted by Gasteiger charge is 2.21. The Morgan fingerprint density at radius 1 is 1.41 bits per heavy atom. The lowest BCUT2D eigenvalue weighted by Crippen LogP contribution is -2.49. The summed E-state index contributed by atoms with van der Waals surface area (Å²) in [5.74, 6) is 0.666. The Morgan fingerprint density at radius 3 is 2.77 bits per heavy atom. The van der Waals surface area contributed by atoms with Gasteiger partial charge in [-0.25, -0.2) is 0 Å². The largest absolute Gasteiger partial charge is 0.383 e. The van der Waals surface area contributed by atoms with E-state index >= 15 is 0 Å². The van der Waals surface area contributed by atoms with Gasteiger partial charge in [-0.15, -0.1) is 24.8 Å². The number of methoxy groups -OCH3 is 1. The minimum absolute atomic E-state index is 0. The maximum absolute atomic E-state index is 11.6. The molecular weight excluding hydrogens is 329 g/mol. The molecular formula is C14H31Cl2N3O3. The Labute approximate surface area is 146 Å². The number of carbonyl (C=O) groups is 1. The van der Waals surface area contributed by atoms with Crippen LogP contribution in [-0.4, -0.2) is 76.5 Å². The van der Waals surface area contributed by atoms with Gasteiger partial charge < -0.3 is 20.1 Å². The van der Waals surface area contributed by atoms with E-state index in [1.54, 1.807) is 7.11 Å². The summed E-state index contributed by atoms with van der Waals surface area (Å²) < 4.78 is 10.6. The quantitative estimate of drug-likeness (QED) is 0.588. The van der Waals surface area contributed by atoms with Gasteiger partial charge in [0.05, 0.1) is 25.9 Å². The van der Waals surface area contributed by atoms with E-state index in [0.717, 1.165) is 26.2 Å². The standard InChI is InChI=1S/C14H29N3O3.2ClH/c1-12(2)10-17-5-7-20-13(11-17)8-16-14(18)9-15-4-6-19-3;;/h12-13,15H,4-11H2,1-3H3,(H,16,18);2*1H. The fourth-order valence-corrected chi connectivity index (χ4v) is 2.25. The third kappa shape index (κ3) is 11.5. The van der Waals surface area contributed by atoms with Crippen LogP contribution in [0.5, 0.6) is 0 Å². The highest BCUT2D eigenvalue weighted by Crippen LogP contribution is 2.07. The summed E-state index contributed by atoms with van der Waals surface area (Å²) in [6.07, 6.45) is 0.102. The minimum atomic E-state index is 0. The second-order valence-electron chi connectivity index (χ2n) is 5.62. The fraction of sp³-hybridized carbons (Fsp3) is 0.929. The highest BCUT2D eigenvalue weighted by atomic mass is 35.5. The predicted molar refractivity (Wildman–Crippen MR) is 93.3 cm³/mol. The van der Waals surface area contributed by atoms with E-state index in [9.17, 15) is 4.79 Å². The van der Waals surface area contributed by atoms with Crippen molar-refractivity contribution in [3.63, 3.8) is 0 Å². The fourth-order valence-electron chi connectivity index (χ4n) is 2.25. The molecule has 2 N–H and O–H groups in total. The van der Waals surface area contributed by atoms with E-state index in [4.69, 9.17) is 9.47 Å². The molecule has 0 aromatic rings. The lowest BCUT2D eigenvalue weighted by atomic mass is 10.2. The Morgan fingerprint density at radius 2 is 2.14 bits per heavy atom. The van der Waals surface area contributed by atoms with Crippen LogP contribution in [0.15, 0.2) is 0 Å². The number of nitrogens with zero attached hydrogens (tertiary/aromatic N) is 1. The van der Waals surface area contributed by atoms with Crippen molar-refractivity contribution in [2.75, 3.05) is 59.6 Å². The summed E-state index contributed by atoms with van der Waals surface area (Å²) in [4.78, 5) is 14.0. The van der Waals surface area contributed by atoms with E-state index < -0.39 is 0 Å². The molecule has 0 spiro atoms. The van der Waals surface area contributed by atoms with Crippen molar-refractivity contribution >= 4 is 30.7 Å². The van der Waals surface area contributed by atoms with Crippen LogP contribution < -0.4 is 10.6 Å². The van der Waals surface area contributed by atoms with E-state index in [2.05, 4.69) is 29.4 Å². The Kier molecular flexibility index (Phi) is 15.9. The van der Waals surface area contributed by atoms with Gasteiger partial charge >= 0.3 is 0 Å². The van der Waals surface area contributed by atoms with Crippen molar-refractivity contribution in [1.29, 1.82) is 0 Å². The summed E-state index contributed by atoms with van der Waals surface area (Å²) >= 11 is 0. The smallest absolute Gasteiger partial charge is 0.234 e. The van der Waals surface area contributed by atoms with E-state index in [0.29, 0.717) is 32.2 Å². The van der Waals surface area contributed by atoms with Gasteiger partial charge in [0, 0.05) is 39.8 Å². The summed E-state index contributed by atoms with van der Waals surface area (Å²) in [6, 6.07) is 0. The van der Waals surface area contributed by atoms with Crippen LogP contribution >= 0.6 is 24.8 Å². The normalized spacial score (nSPS) is 18.5. The van der Waals surface area contributed by atoms with Crippen LogP contribution in [0.4, 0.5) is 0 Å². The molecule has 0 radical (unpaired) electrons. The molecule has 0 saturated carbocycles. The SMILES string of the molecule is COCCNCC(=O)NCC1CN(CC(C)C)CCO1.Cl.Cl. The summed E-state index contributed by atoms with van der Waals surface area (Å²) in [6.45, 7) is 10.4. The molecule has 1 aliphatic heterocycles. The maximum atomic E-state index is 11.6. The maximum Gasteiger partial charge on any atom is 0.234 e. The summed E-state index contributed by atoms with van der Waals surface area (Å²) in [5, 5.41) is 5.93. The summed E-state index contributed by atoms with van der Waals surface area (Å²) in [5.41, 5.74) is 0. The molecule has 1 unspecified atom stereocenters. The van der Waals surface area contributed by atoms with Gasteiger partial charge in [0.15, 0.2) is 0 Å². The zero-order chi connectivity index (χ0) is 14.8. The van der Waals surface area contributed by atoms with Gasteiger partial charge in [0.2, 0.25) is 5.91 Å². The van der Waals surface area contributed by atoms with Gasteiger partial charge in [-0.2, -0.15) is 0 Å². The van der Waals surface area contributed by atoms with Gasteiger partial charge in [0.25, 0.3) is 0 Å². The number of amides is 1. The molecule has 8 heteroatoms. The molecule has 22 heavy (non-hydrogen) atoms. The molecule has 1 rings (SSSR count). The molecule has 0 aliphatic carbocycles. The number of nitrogens with one attached hydrogen (secondary N) is 2. The van der Waals surface area contributed by atoms with Crippen LogP contribution in [-0.2, 0) is 14.3 Å². The van der Waals surface area contributed by atoms with Crippen LogP contribution in [0.1, 0.15) is 13.8 Å². The van der Waals surface area contributed by atoms with E-state index in [1.165, 1.54) is 0 Å². The Balaban J connectivity index is 0. The van der Waals surface area contributed by atoms with Gasteiger partial charge in [0.1, 0.15) is 0 Å². The van der Waals surface area contributed by atoms with Crippen molar-refractivity contribution in [2.24, 2.45) is 5.92 Å². The van der Waals surface area contributed by atoms with Crippen LogP contribution in [0.2, 0.25) is 0 Å². The monoisotopic (exact) mass is 359 g/mol. The van der Waals surface area contributed by atoms with Crippen LogP contribution in [0.3, 0.4) is 0 Å². The highest BCUT2D eigenvalue weighted by molar-refractivity contribution is 5.85. The number of ether oxygens (including phenoxy) is 2. The topological polar surface area (TPSA) is 62.8 Å². The molecule has 0 aromatic carbocycles. The van der Waals surface area contributed by atoms with E-state index in [-0.39, 0.29) is 36.8 Å². The summed E-state index contributed by atoms with van der Waals surface area (Å²) in [7, 11) is 1.64. The molecule has 6 nitrogen and oxygen atoms in total. The molecule has 1 aliphatic rings. The third-order valence-corrected chi connectivity index (χ3v) is 3.14. The zero-order valence-electron chi connectivity index (χ0n) is 13.8. The molecule has 1 amide bonds. The number of hydrogen-bond acceptors (Lipinski definition) is 5. The zero-order valence-corrected chi connectivity index (χ0v) is 15.4. The van der Waals surface area contributed by atoms with Gasteiger partial charge in [-0.1, -0.05) is 13.8 Å². The lowest BCUT2D eigenvalue weighted by Gasteiger charge is -2.33. The number of carbonyl (C=O) groups excluding carboxylic acids is 1. The molecule has 1 atom stereocenters. The molecule has 0 bridgehead atoms. The van der Waals surface area contributed by atoms with Crippen molar-refractivity contribution < 1.29 is 14.3 Å². The first kappa shape index (κ1) is 24.1. The lowest BCUT2D eigenvalue weighted by molar-refractivity contribution is -0.121. The first-order valence-corrected chi connectivity index (χ1v) is 7.42. The Hall–Kier alpha value is -0.110. The number of morpholine rings is 1. The number of halogens is 2.